The van der Waals surface area contributed by atoms with Gasteiger partial charge >= 0.3 is 24.7 Å². The van der Waals surface area contributed by atoms with Crippen LogP contribution in [0.1, 0.15) is 118 Å². The maximum Gasteiger partial charge on any atom is 0.430 e. The van der Waals surface area contributed by atoms with E-state index in [9.17, 15) is 82.1 Å². The summed E-state index contributed by atoms with van der Waals surface area (Å²) in [6.07, 6.45) is -20.2. The molecule has 0 bridgehead atoms. The van der Waals surface area contributed by atoms with Crippen molar-refractivity contribution in [2.24, 2.45) is 10.8 Å². The van der Waals surface area contributed by atoms with Gasteiger partial charge in [0.15, 0.2) is 10.0 Å². The first-order chi connectivity index (χ1) is 38.0. The molecular formula is C50H50Cl4F12N6O8S2. The minimum atomic E-state index is -6.19. The van der Waals surface area contributed by atoms with E-state index in [1.54, 1.807) is 27.7 Å². The third-order valence-corrected chi connectivity index (χ3v) is 19.1. The molecule has 2 saturated carbocycles. The van der Waals surface area contributed by atoms with Gasteiger partial charge in [-0.25, -0.2) is 9.97 Å². The zero-order valence-corrected chi connectivity index (χ0v) is 48.0. The van der Waals surface area contributed by atoms with E-state index in [1.807, 2.05) is 0 Å². The molecule has 32 heteroatoms. The van der Waals surface area contributed by atoms with Gasteiger partial charge in [-0.2, -0.15) is 52.7 Å². The summed E-state index contributed by atoms with van der Waals surface area (Å²) in [4.78, 5) is 63.9. The van der Waals surface area contributed by atoms with Crippen LogP contribution < -0.4 is 10.6 Å². The van der Waals surface area contributed by atoms with Crippen LogP contribution >= 0.6 is 69.1 Å². The number of nitrogens with one attached hydrogen (secondary N) is 2. The lowest BCUT2D eigenvalue weighted by Gasteiger charge is -2.33. The summed E-state index contributed by atoms with van der Waals surface area (Å²) in [7, 11) is 0. The third-order valence-electron chi connectivity index (χ3n) is 15.2. The van der Waals surface area contributed by atoms with E-state index in [-0.39, 0.29) is 91.4 Å². The molecule has 2 aromatic heterocycles. The number of aromatic nitrogens is 2. The Morgan fingerprint density at radius 1 is 0.549 bits per heavy atom. The van der Waals surface area contributed by atoms with Gasteiger partial charge in [-0.05, 0) is 77.0 Å². The van der Waals surface area contributed by atoms with Crippen LogP contribution in [-0.2, 0) is 20.7 Å². The number of ether oxygens (including phenoxy) is 2. The van der Waals surface area contributed by atoms with Gasteiger partial charge in [0.05, 0.1) is 29.8 Å². The number of hydrogen-bond acceptors (Lipinski definition) is 12. The monoisotopic (exact) mass is 1290 g/mol. The molecule has 82 heavy (non-hydrogen) atoms. The van der Waals surface area contributed by atoms with Crippen molar-refractivity contribution in [3.8, 4) is 20.9 Å². The van der Waals surface area contributed by atoms with Gasteiger partial charge in [0.2, 0.25) is 0 Å². The standard InChI is InChI=1S/2C25H25Cl2F6N3O4S/c2*1-3-36(4-2)21(38)17-18(41-20(35-17)19(37)34-14-11-22(14)7-9-40-10-8-22)12-5-6-13(16(27)15(12)26)23(39,24(28,29)30)25(31,32)33/h2*5-6,14,39H,3-4,7-11H2,1-2H3,(H,34,37)/t14-;/m0./s1. The Hall–Kier alpha value is -4.26. The fourth-order valence-corrected chi connectivity index (χ4v) is 13.2. The fourth-order valence-electron chi connectivity index (χ4n) is 9.96. The molecule has 2 spiro atoms. The van der Waals surface area contributed by atoms with Crippen LogP contribution in [0, 0.1) is 10.8 Å². The number of rotatable bonds is 14. The number of alkyl halides is 12. The van der Waals surface area contributed by atoms with Crippen LogP contribution in [0.5, 0.6) is 0 Å². The highest BCUT2D eigenvalue weighted by Crippen LogP contribution is 2.58. The molecule has 0 radical (unpaired) electrons. The van der Waals surface area contributed by atoms with E-state index in [2.05, 4.69) is 20.6 Å². The number of carbonyl (C=O) groups excluding carboxylic acids is 4. The van der Waals surface area contributed by atoms with E-state index in [4.69, 9.17) is 55.9 Å². The average molecular weight is 1300 g/mol. The summed E-state index contributed by atoms with van der Waals surface area (Å²) >= 11 is 25.7. The number of halogens is 16. The topological polar surface area (TPSA) is 184 Å². The van der Waals surface area contributed by atoms with Crippen molar-refractivity contribution in [1.29, 1.82) is 0 Å². The molecule has 2 atom stereocenters. The second-order valence-electron chi connectivity index (χ2n) is 19.7. The zero-order chi connectivity index (χ0) is 61.1. The number of benzene rings is 2. The highest BCUT2D eigenvalue weighted by atomic mass is 35.5. The van der Waals surface area contributed by atoms with Crippen molar-refractivity contribution in [2.45, 2.75) is 114 Å². The average Bonchev–Trinajstić information content (AvgIpc) is 4.17. The van der Waals surface area contributed by atoms with Crippen LogP contribution in [0.2, 0.25) is 20.1 Å². The summed E-state index contributed by atoms with van der Waals surface area (Å²) in [5.41, 5.74) is -15.3. The third kappa shape index (κ3) is 12.0. The summed E-state index contributed by atoms with van der Waals surface area (Å²) in [6, 6.07) is 1.97. The largest absolute Gasteiger partial charge is 0.430 e. The molecule has 1 unspecified atom stereocenters. The van der Waals surface area contributed by atoms with Crippen LogP contribution in [0.15, 0.2) is 24.3 Å². The Balaban J connectivity index is 0.000000236. The second kappa shape index (κ2) is 23.9. The van der Waals surface area contributed by atoms with E-state index in [1.165, 1.54) is 9.80 Å². The number of amides is 4. The molecule has 2 aromatic carbocycles. The Morgan fingerprint density at radius 3 is 1.11 bits per heavy atom. The van der Waals surface area contributed by atoms with Gasteiger partial charge in [0.1, 0.15) is 11.4 Å². The summed E-state index contributed by atoms with van der Waals surface area (Å²) < 4.78 is 173. The number of aliphatic hydroxyl groups is 2. The molecule has 4 N–H and O–H groups in total. The smallest absolute Gasteiger partial charge is 0.381 e. The Bertz CT molecular complexity index is 2850. The molecular weight excluding hydrogens is 1250 g/mol. The van der Waals surface area contributed by atoms with E-state index < -0.39 is 90.8 Å². The molecule has 2 saturated heterocycles. The first-order valence-corrected chi connectivity index (χ1v) is 28.3. The minimum absolute atomic E-state index is 0.0751. The van der Waals surface area contributed by atoms with Gasteiger partial charge < -0.3 is 40.1 Å². The molecule has 8 rings (SSSR count). The maximum atomic E-state index is 13.5. The molecule has 452 valence electrons. The SMILES string of the molecule is CCN(CC)C(=O)c1nc(C(=O)NC2CC23CCOCC3)sc1-c1ccc(C(O)(C(F)(F)F)C(F)(F)F)c(Cl)c1Cl.CCN(CC)C(=O)c1nc(C(=O)N[C@H]2CC23CCOCC3)sc1-c1ccc(C(O)(C(F)(F)F)C(F)(F)F)c(Cl)c1Cl. The minimum Gasteiger partial charge on any atom is -0.381 e. The summed E-state index contributed by atoms with van der Waals surface area (Å²) in [5, 5.41) is 21.2. The molecule has 4 aliphatic rings. The van der Waals surface area contributed by atoms with Crippen LogP contribution in [0.3, 0.4) is 0 Å². The second-order valence-corrected chi connectivity index (χ2v) is 23.3. The van der Waals surface area contributed by atoms with Gasteiger partial charge in [-0.1, -0.05) is 70.7 Å². The Kier molecular flexibility index (Phi) is 19.0. The van der Waals surface area contributed by atoms with Crippen LogP contribution in [0.4, 0.5) is 52.7 Å². The lowest BCUT2D eigenvalue weighted by Crippen LogP contribution is -2.54. The first-order valence-electron chi connectivity index (χ1n) is 25.1. The lowest BCUT2D eigenvalue weighted by atomic mass is 9.91. The number of carbonyl (C=O) groups is 4. The number of nitrogens with zero attached hydrogens (tertiary/aromatic N) is 4. The molecule has 4 fully saturated rings. The summed E-state index contributed by atoms with van der Waals surface area (Å²) in [6.45, 7) is 10.0. The molecule has 2 aliphatic carbocycles. The molecule has 4 amide bonds. The highest BCUT2D eigenvalue weighted by Gasteiger charge is 2.73. The van der Waals surface area contributed by atoms with Gasteiger partial charge in [-0.15, -0.1) is 22.7 Å². The molecule has 4 aromatic rings. The van der Waals surface area contributed by atoms with E-state index >= 15 is 0 Å². The molecule has 2 aliphatic heterocycles. The predicted octanol–water partition coefficient (Wildman–Crippen LogP) is 12.4. The molecule has 4 heterocycles. The van der Waals surface area contributed by atoms with Crippen molar-refractivity contribution in [3.05, 3.63) is 76.9 Å². The van der Waals surface area contributed by atoms with Gasteiger partial charge in [-0.3, -0.25) is 19.2 Å². The fraction of sp³-hybridized carbons (Fsp3) is 0.560. The van der Waals surface area contributed by atoms with Crippen LogP contribution in [-0.4, -0.2) is 143 Å². The lowest BCUT2D eigenvalue weighted by molar-refractivity contribution is -0.376. The Morgan fingerprint density at radius 2 is 0.841 bits per heavy atom. The predicted molar refractivity (Wildman–Crippen MR) is 278 cm³/mol. The maximum absolute atomic E-state index is 13.5. The highest BCUT2D eigenvalue weighted by molar-refractivity contribution is 7.17. The molecule has 14 nitrogen and oxygen atoms in total. The van der Waals surface area contributed by atoms with E-state index in [0.717, 1.165) is 50.7 Å². The number of hydrogen-bond donors (Lipinski definition) is 4. The number of thiazole rings is 2. The quantitative estimate of drug-likeness (QED) is 0.0886. The first kappa shape index (κ1) is 65.3. The van der Waals surface area contributed by atoms with Crippen LogP contribution in [0.25, 0.3) is 20.9 Å². The van der Waals surface area contributed by atoms with Crippen molar-refractivity contribution in [3.63, 3.8) is 0 Å². The normalized spacial score (nSPS) is 18.9. The van der Waals surface area contributed by atoms with Crippen molar-refractivity contribution in [1.82, 2.24) is 30.4 Å². The van der Waals surface area contributed by atoms with E-state index in [0.29, 0.717) is 61.2 Å². The Labute approximate surface area is 487 Å². The zero-order valence-electron chi connectivity index (χ0n) is 43.4. The van der Waals surface area contributed by atoms with Crippen molar-refractivity contribution >= 4 is 92.7 Å². The van der Waals surface area contributed by atoms with Crippen molar-refractivity contribution in [2.75, 3.05) is 52.6 Å². The summed E-state index contributed by atoms with van der Waals surface area (Å²) in [5.74, 6) is -2.45. The van der Waals surface area contributed by atoms with Gasteiger partial charge in [0.25, 0.3) is 34.8 Å². The van der Waals surface area contributed by atoms with Crippen molar-refractivity contribution < 1.29 is 91.5 Å². The van der Waals surface area contributed by atoms with Gasteiger partial charge in [0, 0.05) is 86.9 Å².